The first kappa shape index (κ1) is 17.9. The van der Waals surface area contributed by atoms with Gasteiger partial charge in [-0.05, 0) is 37.8 Å². The lowest BCUT2D eigenvalue weighted by Crippen LogP contribution is -2.35. The zero-order valence-electron chi connectivity index (χ0n) is 15.3. The fourth-order valence-corrected chi connectivity index (χ4v) is 3.59. The maximum Gasteiger partial charge on any atom is 0.257 e. The zero-order valence-corrected chi connectivity index (χ0v) is 15.3. The van der Waals surface area contributed by atoms with E-state index in [9.17, 15) is 9.18 Å². The Kier molecular flexibility index (Phi) is 5.07. The van der Waals surface area contributed by atoms with E-state index < -0.39 is 6.17 Å². The van der Waals surface area contributed by atoms with E-state index in [1.807, 2.05) is 6.07 Å². The Morgan fingerprint density at radius 1 is 1.26 bits per heavy atom. The molecule has 0 aliphatic carbocycles. The van der Waals surface area contributed by atoms with Gasteiger partial charge in [0, 0.05) is 36.8 Å². The number of ether oxygens (including phenoxy) is 1. The minimum absolute atomic E-state index is 0.245. The molecular formula is C19H23FN4O3. The van der Waals surface area contributed by atoms with Gasteiger partial charge in [0.15, 0.2) is 5.82 Å². The number of rotatable bonds is 3. The third kappa shape index (κ3) is 3.95. The van der Waals surface area contributed by atoms with E-state index in [-0.39, 0.29) is 5.91 Å². The first-order chi connectivity index (χ1) is 13.1. The molecule has 0 unspecified atom stereocenters. The SMILES string of the molecule is Cc1cc(NC(=O)c2cc(N3CCC(F)CC3)nc3c2CCOCC3)no1. The number of aromatic nitrogens is 2. The van der Waals surface area contributed by atoms with Crippen molar-refractivity contribution >= 4 is 17.5 Å². The maximum atomic E-state index is 13.5. The second-order valence-corrected chi connectivity index (χ2v) is 7.00. The van der Waals surface area contributed by atoms with Crippen LogP contribution in [0.1, 0.15) is 40.2 Å². The topological polar surface area (TPSA) is 80.5 Å². The van der Waals surface area contributed by atoms with Gasteiger partial charge >= 0.3 is 0 Å². The van der Waals surface area contributed by atoms with E-state index in [1.165, 1.54) is 0 Å². The summed E-state index contributed by atoms with van der Waals surface area (Å²) in [6.07, 6.45) is 1.51. The largest absolute Gasteiger partial charge is 0.381 e. The van der Waals surface area contributed by atoms with E-state index in [0.717, 1.165) is 17.1 Å². The van der Waals surface area contributed by atoms with Crippen LogP contribution in [0.2, 0.25) is 0 Å². The van der Waals surface area contributed by atoms with Crippen LogP contribution in [0.4, 0.5) is 16.0 Å². The molecular weight excluding hydrogens is 351 g/mol. The summed E-state index contributed by atoms with van der Waals surface area (Å²) >= 11 is 0. The normalized spacial score (nSPS) is 18.1. The molecule has 0 bridgehead atoms. The third-order valence-corrected chi connectivity index (χ3v) is 5.04. The number of anilines is 2. The lowest BCUT2D eigenvalue weighted by molar-refractivity contribution is 0.102. The standard InChI is InChI=1S/C19H23FN4O3/c1-12-10-17(23-27-12)22-19(25)15-11-18(24-6-2-13(20)3-7-24)21-16-5-9-26-8-4-14(15)16/h10-11,13H,2-9H2,1H3,(H,22,23,25). The smallest absolute Gasteiger partial charge is 0.257 e. The molecule has 4 rings (SSSR count). The summed E-state index contributed by atoms with van der Waals surface area (Å²) in [5.74, 6) is 1.49. The van der Waals surface area contributed by atoms with E-state index in [4.69, 9.17) is 14.2 Å². The Morgan fingerprint density at radius 3 is 2.78 bits per heavy atom. The summed E-state index contributed by atoms with van der Waals surface area (Å²) in [6.45, 7) is 4.12. The second-order valence-electron chi connectivity index (χ2n) is 7.00. The molecule has 2 aliphatic heterocycles. The van der Waals surface area contributed by atoms with Crippen molar-refractivity contribution in [3.63, 3.8) is 0 Å². The molecule has 7 nitrogen and oxygen atoms in total. The molecule has 0 radical (unpaired) electrons. The predicted octanol–water partition coefficient (Wildman–Crippen LogP) is 2.68. The number of aryl methyl sites for hydroxylation is 1. The van der Waals surface area contributed by atoms with Crippen molar-refractivity contribution in [3.8, 4) is 0 Å². The molecule has 0 spiro atoms. The first-order valence-corrected chi connectivity index (χ1v) is 9.34. The number of hydrogen-bond donors (Lipinski definition) is 1. The number of amides is 1. The second kappa shape index (κ2) is 7.64. The number of carbonyl (C=O) groups excluding carboxylic acids is 1. The number of nitrogens with one attached hydrogen (secondary N) is 1. The maximum absolute atomic E-state index is 13.5. The highest BCUT2D eigenvalue weighted by atomic mass is 19.1. The molecule has 1 fully saturated rings. The van der Waals surface area contributed by atoms with Gasteiger partial charge in [-0.3, -0.25) is 4.79 Å². The molecule has 144 valence electrons. The molecule has 0 aromatic carbocycles. The number of fused-ring (bicyclic) bond motifs is 1. The number of hydrogen-bond acceptors (Lipinski definition) is 6. The van der Waals surface area contributed by atoms with Crippen molar-refractivity contribution in [1.82, 2.24) is 10.1 Å². The molecule has 1 N–H and O–H groups in total. The van der Waals surface area contributed by atoms with Crippen LogP contribution in [-0.4, -0.2) is 48.5 Å². The van der Waals surface area contributed by atoms with E-state index in [1.54, 1.807) is 13.0 Å². The van der Waals surface area contributed by atoms with Gasteiger partial charge in [0.1, 0.15) is 17.7 Å². The first-order valence-electron chi connectivity index (χ1n) is 9.34. The summed E-state index contributed by atoms with van der Waals surface area (Å²) in [5, 5.41) is 6.63. The van der Waals surface area contributed by atoms with Crippen LogP contribution in [0, 0.1) is 6.92 Å². The van der Waals surface area contributed by atoms with Crippen molar-refractivity contribution in [3.05, 3.63) is 34.7 Å². The van der Waals surface area contributed by atoms with Gasteiger partial charge in [-0.15, -0.1) is 0 Å². The van der Waals surface area contributed by atoms with Crippen LogP contribution in [0.5, 0.6) is 0 Å². The van der Waals surface area contributed by atoms with Crippen LogP contribution < -0.4 is 10.2 Å². The Bertz CT molecular complexity index is 830. The molecule has 2 aromatic rings. The molecule has 2 aliphatic rings. The van der Waals surface area contributed by atoms with Gasteiger partial charge in [0.05, 0.1) is 13.2 Å². The number of pyridine rings is 1. The van der Waals surface area contributed by atoms with Gasteiger partial charge in [0.2, 0.25) is 0 Å². The highest BCUT2D eigenvalue weighted by Gasteiger charge is 2.25. The number of nitrogens with zero attached hydrogens (tertiary/aromatic N) is 3. The summed E-state index contributed by atoms with van der Waals surface area (Å²) in [7, 11) is 0. The summed E-state index contributed by atoms with van der Waals surface area (Å²) < 4.78 is 24.1. The lowest BCUT2D eigenvalue weighted by Gasteiger charge is -2.30. The van der Waals surface area contributed by atoms with Crippen LogP contribution in [0.15, 0.2) is 16.7 Å². The minimum atomic E-state index is -0.756. The Balaban J connectivity index is 1.67. The lowest BCUT2D eigenvalue weighted by atomic mass is 10.0. The molecule has 0 saturated carbocycles. The van der Waals surface area contributed by atoms with Crippen molar-refractivity contribution < 1.29 is 18.4 Å². The highest BCUT2D eigenvalue weighted by Crippen LogP contribution is 2.27. The van der Waals surface area contributed by atoms with Crippen molar-refractivity contribution in [2.75, 3.05) is 36.5 Å². The zero-order chi connectivity index (χ0) is 18.8. The van der Waals surface area contributed by atoms with Gasteiger partial charge in [-0.25, -0.2) is 9.37 Å². The Labute approximate surface area is 156 Å². The van der Waals surface area contributed by atoms with E-state index in [2.05, 4.69) is 15.4 Å². The number of carbonyl (C=O) groups is 1. The number of piperidine rings is 1. The summed E-state index contributed by atoms with van der Waals surface area (Å²) in [6, 6.07) is 3.48. The monoisotopic (exact) mass is 374 g/mol. The average Bonchev–Trinajstić information content (AvgIpc) is 2.92. The van der Waals surface area contributed by atoms with Crippen molar-refractivity contribution in [1.29, 1.82) is 0 Å². The predicted molar refractivity (Wildman–Crippen MR) is 98.0 cm³/mol. The fourth-order valence-electron chi connectivity index (χ4n) is 3.59. The van der Waals surface area contributed by atoms with Crippen LogP contribution in [0.3, 0.4) is 0 Å². The summed E-state index contributed by atoms with van der Waals surface area (Å²) in [4.78, 5) is 19.8. The molecule has 0 atom stereocenters. The van der Waals surface area contributed by atoms with Gasteiger partial charge < -0.3 is 19.5 Å². The number of halogens is 1. The Morgan fingerprint density at radius 2 is 2.04 bits per heavy atom. The molecule has 27 heavy (non-hydrogen) atoms. The number of alkyl halides is 1. The molecule has 1 amide bonds. The Hall–Kier alpha value is -2.48. The van der Waals surface area contributed by atoms with E-state index in [0.29, 0.717) is 69.1 Å². The van der Waals surface area contributed by atoms with Crippen LogP contribution in [0.25, 0.3) is 0 Å². The van der Waals surface area contributed by atoms with Crippen LogP contribution in [-0.2, 0) is 17.6 Å². The fraction of sp³-hybridized carbons (Fsp3) is 0.526. The van der Waals surface area contributed by atoms with Gasteiger partial charge in [-0.1, -0.05) is 5.16 Å². The minimum Gasteiger partial charge on any atom is -0.381 e. The van der Waals surface area contributed by atoms with E-state index >= 15 is 0 Å². The van der Waals surface area contributed by atoms with Crippen LogP contribution >= 0.6 is 0 Å². The van der Waals surface area contributed by atoms with Gasteiger partial charge in [0.25, 0.3) is 5.91 Å². The van der Waals surface area contributed by atoms with Gasteiger partial charge in [-0.2, -0.15) is 0 Å². The third-order valence-electron chi connectivity index (χ3n) is 5.04. The molecule has 8 heteroatoms. The quantitative estimate of drug-likeness (QED) is 0.890. The van der Waals surface area contributed by atoms with Crippen molar-refractivity contribution in [2.45, 2.75) is 38.8 Å². The molecule has 2 aromatic heterocycles. The average molecular weight is 374 g/mol. The molecule has 4 heterocycles. The summed E-state index contributed by atoms with van der Waals surface area (Å²) in [5.41, 5.74) is 2.37. The van der Waals surface area contributed by atoms with Crippen molar-refractivity contribution in [2.24, 2.45) is 0 Å². The molecule has 1 saturated heterocycles. The highest BCUT2D eigenvalue weighted by molar-refractivity contribution is 6.05.